The maximum atomic E-state index is 13.6. The molecule has 0 amide bonds. The lowest BCUT2D eigenvalue weighted by Gasteiger charge is -2.32. The molecule has 1 aliphatic heterocycles. The molecule has 4 rings (SSSR count). The smallest absolute Gasteiger partial charge is 0.251 e. The van der Waals surface area contributed by atoms with Gasteiger partial charge in [0.05, 0.1) is 17.2 Å². The fraction of sp³-hybridized carbons (Fsp3) is 0.391. The topological polar surface area (TPSA) is 50.2 Å². The van der Waals surface area contributed by atoms with Crippen LogP contribution in [0.5, 0.6) is 0 Å². The number of nitrogens with one attached hydrogen (secondary N) is 1. The quantitative estimate of drug-likeness (QED) is 0.649. The molecule has 1 saturated heterocycles. The van der Waals surface area contributed by atoms with Crippen molar-refractivity contribution in [1.82, 2.24) is 19.8 Å². The Morgan fingerprint density at radius 3 is 2.73 bits per heavy atom. The Kier molecular flexibility index (Phi) is 6.46. The van der Waals surface area contributed by atoms with Crippen molar-refractivity contribution in [3.63, 3.8) is 0 Å². The molecule has 2 aromatic heterocycles. The molecule has 3 heterocycles. The van der Waals surface area contributed by atoms with Gasteiger partial charge >= 0.3 is 0 Å². The summed E-state index contributed by atoms with van der Waals surface area (Å²) in [6, 6.07) is 11.2. The summed E-state index contributed by atoms with van der Waals surface area (Å²) < 4.78 is 15.2. The summed E-state index contributed by atoms with van der Waals surface area (Å²) in [4.78, 5) is 18.8. The Morgan fingerprint density at radius 2 is 1.97 bits per heavy atom. The predicted octanol–water partition coefficient (Wildman–Crippen LogP) is 3.75. The molecule has 0 bridgehead atoms. The molecule has 1 fully saturated rings. The maximum Gasteiger partial charge on any atom is 0.251 e. The number of likely N-dealkylation sites (tertiary alicyclic amines) is 1. The lowest BCUT2D eigenvalue weighted by molar-refractivity contribution is 0.191. The second kappa shape index (κ2) is 9.25. The van der Waals surface area contributed by atoms with E-state index in [4.69, 9.17) is 11.6 Å². The third-order valence-electron chi connectivity index (χ3n) is 5.85. The van der Waals surface area contributed by atoms with Crippen molar-refractivity contribution in [3.05, 3.63) is 74.9 Å². The minimum Gasteiger partial charge on any atom is -0.310 e. The molecule has 0 saturated carbocycles. The Morgan fingerprint density at radius 1 is 1.17 bits per heavy atom. The number of rotatable bonds is 6. The van der Waals surface area contributed by atoms with Crippen LogP contribution in [-0.4, -0.2) is 40.1 Å². The van der Waals surface area contributed by atoms with Crippen molar-refractivity contribution in [2.24, 2.45) is 0 Å². The van der Waals surface area contributed by atoms with Crippen LogP contribution in [0.1, 0.15) is 24.0 Å². The molecule has 7 heteroatoms. The van der Waals surface area contributed by atoms with Gasteiger partial charge in [-0.05, 0) is 56.1 Å². The molecule has 0 aliphatic carbocycles. The summed E-state index contributed by atoms with van der Waals surface area (Å²) >= 11 is 6.10. The molecule has 30 heavy (non-hydrogen) atoms. The normalized spacial score (nSPS) is 15.7. The van der Waals surface area contributed by atoms with E-state index in [1.807, 2.05) is 13.0 Å². The number of pyridine rings is 2. The Balaban J connectivity index is 1.30. The highest BCUT2D eigenvalue weighted by Crippen LogP contribution is 2.17. The van der Waals surface area contributed by atoms with E-state index in [1.165, 1.54) is 23.9 Å². The molecular weight excluding hydrogens is 403 g/mol. The number of aromatic nitrogens is 2. The molecule has 1 N–H and O–H groups in total. The average molecular weight is 429 g/mol. The highest BCUT2D eigenvalue weighted by Gasteiger charge is 2.19. The van der Waals surface area contributed by atoms with Crippen LogP contribution in [0.3, 0.4) is 0 Å². The third-order valence-corrected chi connectivity index (χ3v) is 6.27. The summed E-state index contributed by atoms with van der Waals surface area (Å²) in [5, 5.41) is 4.45. The van der Waals surface area contributed by atoms with Crippen LogP contribution in [0.2, 0.25) is 5.02 Å². The van der Waals surface area contributed by atoms with Crippen molar-refractivity contribution in [2.75, 3.05) is 19.6 Å². The Hall–Kier alpha value is -2.28. The fourth-order valence-corrected chi connectivity index (χ4v) is 4.17. The molecular formula is C23H26ClFN4O. The van der Waals surface area contributed by atoms with E-state index < -0.39 is 5.82 Å². The van der Waals surface area contributed by atoms with Crippen molar-refractivity contribution in [1.29, 1.82) is 0 Å². The number of halogens is 2. The number of benzene rings is 1. The molecule has 0 radical (unpaired) electrons. The SMILES string of the molecule is Cc1cc(CNC2CCN(CCn3c(=O)ccc4ncc(F)cc43)CC2)ccc1Cl. The van der Waals surface area contributed by atoms with Crippen LogP contribution in [0.25, 0.3) is 11.0 Å². The van der Waals surface area contributed by atoms with E-state index in [1.54, 1.807) is 10.6 Å². The van der Waals surface area contributed by atoms with E-state index in [-0.39, 0.29) is 5.56 Å². The molecule has 0 spiro atoms. The summed E-state index contributed by atoms with van der Waals surface area (Å²) in [6.45, 7) is 6.11. The zero-order valence-electron chi connectivity index (χ0n) is 17.1. The first-order chi connectivity index (χ1) is 14.5. The number of piperidine rings is 1. The molecule has 0 atom stereocenters. The monoisotopic (exact) mass is 428 g/mol. The largest absolute Gasteiger partial charge is 0.310 e. The summed E-state index contributed by atoms with van der Waals surface area (Å²) in [5.74, 6) is -0.426. The third kappa shape index (κ3) is 4.89. The van der Waals surface area contributed by atoms with E-state index in [0.717, 1.165) is 49.6 Å². The summed E-state index contributed by atoms with van der Waals surface area (Å²) in [6.07, 6.45) is 3.31. The van der Waals surface area contributed by atoms with Gasteiger partial charge in [-0.15, -0.1) is 0 Å². The van der Waals surface area contributed by atoms with Crippen LogP contribution < -0.4 is 10.9 Å². The van der Waals surface area contributed by atoms with E-state index in [0.29, 0.717) is 23.6 Å². The van der Waals surface area contributed by atoms with Crippen LogP contribution in [0, 0.1) is 12.7 Å². The maximum absolute atomic E-state index is 13.6. The van der Waals surface area contributed by atoms with Crippen LogP contribution in [0.4, 0.5) is 4.39 Å². The number of hydrogen-bond donors (Lipinski definition) is 1. The van der Waals surface area contributed by atoms with E-state index in [2.05, 4.69) is 27.3 Å². The van der Waals surface area contributed by atoms with Crippen LogP contribution >= 0.6 is 11.6 Å². The zero-order chi connectivity index (χ0) is 21.1. The molecule has 3 aromatic rings. The van der Waals surface area contributed by atoms with Crippen molar-refractivity contribution in [2.45, 2.75) is 38.9 Å². The average Bonchev–Trinajstić information content (AvgIpc) is 2.74. The predicted molar refractivity (Wildman–Crippen MR) is 118 cm³/mol. The minimum absolute atomic E-state index is 0.121. The molecule has 1 aliphatic rings. The standard InChI is InChI=1S/C23H26ClFN4O/c1-16-12-17(2-3-20(16)24)14-26-19-6-8-28(9-7-19)10-11-29-22-13-18(25)15-27-21(22)4-5-23(29)30/h2-5,12-13,15,19,26H,6-11,14H2,1H3. The van der Waals surface area contributed by atoms with Crippen molar-refractivity contribution < 1.29 is 4.39 Å². The molecule has 158 valence electrons. The van der Waals surface area contributed by atoms with Gasteiger partial charge in [-0.1, -0.05) is 23.7 Å². The molecule has 1 aromatic carbocycles. The number of fused-ring (bicyclic) bond motifs is 1. The van der Waals surface area contributed by atoms with Gasteiger partial charge in [0, 0.05) is 42.8 Å². The highest BCUT2D eigenvalue weighted by molar-refractivity contribution is 6.31. The lowest BCUT2D eigenvalue weighted by Crippen LogP contribution is -2.43. The fourth-order valence-electron chi connectivity index (χ4n) is 4.05. The second-order valence-corrected chi connectivity index (χ2v) is 8.37. The lowest BCUT2D eigenvalue weighted by atomic mass is 10.0. The minimum atomic E-state index is -0.426. The van der Waals surface area contributed by atoms with Gasteiger partial charge in [0.2, 0.25) is 0 Å². The van der Waals surface area contributed by atoms with Gasteiger partial charge in [0.15, 0.2) is 0 Å². The van der Waals surface area contributed by atoms with Gasteiger partial charge < -0.3 is 14.8 Å². The first-order valence-electron chi connectivity index (χ1n) is 10.4. The number of hydrogen-bond acceptors (Lipinski definition) is 4. The number of nitrogens with zero attached hydrogens (tertiary/aromatic N) is 3. The zero-order valence-corrected chi connectivity index (χ0v) is 17.8. The second-order valence-electron chi connectivity index (χ2n) is 7.96. The summed E-state index contributed by atoms with van der Waals surface area (Å²) in [5.41, 5.74) is 3.42. The molecule has 5 nitrogen and oxygen atoms in total. The first-order valence-corrected chi connectivity index (χ1v) is 10.7. The molecule has 0 unspecified atom stereocenters. The number of aryl methyl sites for hydroxylation is 1. The van der Waals surface area contributed by atoms with Gasteiger partial charge in [-0.2, -0.15) is 0 Å². The van der Waals surface area contributed by atoms with Gasteiger partial charge in [0.25, 0.3) is 5.56 Å². The Bertz CT molecular complexity index is 1090. The van der Waals surface area contributed by atoms with Gasteiger partial charge in [-0.3, -0.25) is 9.78 Å². The van der Waals surface area contributed by atoms with Crippen LogP contribution in [0.15, 0.2) is 47.4 Å². The Labute approximate surface area is 180 Å². The van der Waals surface area contributed by atoms with E-state index >= 15 is 0 Å². The summed E-state index contributed by atoms with van der Waals surface area (Å²) in [7, 11) is 0. The first kappa shape index (κ1) is 21.0. The van der Waals surface area contributed by atoms with Crippen molar-refractivity contribution in [3.8, 4) is 0 Å². The van der Waals surface area contributed by atoms with Gasteiger partial charge in [0.1, 0.15) is 5.82 Å². The van der Waals surface area contributed by atoms with Gasteiger partial charge in [-0.25, -0.2) is 4.39 Å². The van der Waals surface area contributed by atoms with Crippen molar-refractivity contribution >= 4 is 22.6 Å². The van der Waals surface area contributed by atoms with Crippen LogP contribution in [-0.2, 0) is 13.1 Å². The van der Waals surface area contributed by atoms with E-state index in [9.17, 15) is 9.18 Å². The highest BCUT2D eigenvalue weighted by atomic mass is 35.5.